The van der Waals surface area contributed by atoms with E-state index in [4.69, 9.17) is 9.47 Å². The first-order valence-corrected chi connectivity index (χ1v) is 9.57. The van der Waals surface area contributed by atoms with Gasteiger partial charge in [-0.3, -0.25) is 0 Å². The van der Waals surface area contributed by atoms with Crippen molar-refractivity contribution >= 4 is 8.07 Å². The largest absolute Gasteiger partial charge is 0.389 e. The van der Waals surface area contributed by atoms with Crippen LogP contribution in [0.25, 0.3) is 0 Å². The van der Waals surface area contributed by atoms with Crippen LogP contribution in [0, 0.1) is 17.4 Å². The maximum Gasteiger partial charge on any atom is 0.148 e. The smallest absolute Gasteiger partial charge is 0.148 e. The second kappa shape index (κ2) is 7.88. The number of hydrogen-bond acceptors (Lipinski definition) is 3. The molecule has 0 saturated carbocycles. The topological polar surface area (TPSA) is 38.7 Å². The maximum absolute atomic E-state index is 10.0. The van der Waals surface area contributed by atoms with Crippen molar-refractivity contribution in [2.24, 2.45) is 5.92 Å². The average molecular weight is 258 g/mol. The number of hydrogen-bond donors (Lipinski definition) is 1. The minimum atomic E-state index is -1.44. The van der Waals surface area contributed by atoms with Crippen LogP contribution < -0.4 is 0 Å². The van der Waals surface area contributed by atoms with E-state index in [0.717, 1.165) is 0 Å². The molecule has 0 spiro atoms. The van der Waals surface area contributed by atoms with Crippen LogP contribution in [0.4, 0.5) is 0 Å². The van der Waals surface area contributed by atoms with Crippen LogP contribution in [-0.4, -0.2) is 39.3 Å². The van der Waals surface area contributed by atoms with Gasteiger partial charge in [0.25, 0.3) is 0 Å². The van der Waals surface area contributed by atoms with E-state index in [9.17, 15) is 5.11 Å². The number of aliphatic hydroxyl groups excluding tert-OH is 1. The Bertz CT molecular complexity index is 260. The van der Waals surface area contributed by atoms with Crippen LogP contribution in [-0.2, 0) is 9.47 Å². The van der Waals surface area contributed by atoms with Gasteiger partial charge in [-0.1, -0.05) is 39.4 Å². The van der Waals surface area contributed by atoms with Crippen molar-refractivity contribution in [2.75, 3.05) is 13.9 Å². The normalized spacial score (nSPS) is 15.3. The van der Waals surface area contributed by atoms with Gasteiger partial charge in [-0.15, -0.1) is 5.54 Å². The Labute approximate surface area is 107 Å². The summed E-state index contributed by atoms with van der Waals surface area (Å²) in [7, 11) is 0.129. The van der Waals surface area contributed by atoms with Gasteiger partial charge >= 0.3 is 0 Å². The summed E-state index contributed by atoms with van der Waals surface area (Å²) in [6.45, 7) is 10.8. The lowest BCUT2D eigenvalue weighted by Crippen LogP contribution is -2.30. The van der Waals surface area contributed by atoms with Crippen LogP contribution in [0.1, 0.15) is 20.3 Å². The molecule has 100 valence electrons. The summed E-state index contributed by atoms with van der Waals surface area (Å²) < 4.78 is 10.3. The van der Waals surface area contributed by atoms with E-state index in [2.05, 4.69) is 45.0 Å². The van der Waals surface area contributed by atoms with E-state index in [0.29, 0.717) is 12.3 Å². The summed E-state index contributed by atoms with van der Waals surface area (Å²) in [5, 5.41) is 10.0. The molecule has 0 rings (SSSR count). The van der Waals surface area contributed by atoms with Crippen LogP contribution in [0.15, 0.2) is 0 Å². The van der Waals surface area contributed by atoms with Crippen molar-refractivity contribution in [1.82, 2.24) is 0 Å². The second-order valence-electron chi connectivity index (χ2n) is 5.71. The molecule has 0 aliphatic carbocycles. The fourth-order valence-electron chi connectivity index (χ4n) is 1.28. The van der Waals surface area contributed by atoms with Crippen molar-refractivity contribution in [3.8, 4) is 11.5 Å². The summed E-state index contributed by atoms with van der Waals surface area (Å²) in [5.41, 5.74) is 3.23. The molecule has 17 heavy (non-hydrogen) atoms. The Balaban J connectivity index is 4.56. The highest BCUT2D eigenvalue weighted by Gasteiger charge is 2.19. The van der Waals surface area contributed by atoms with Crippen molar-refractivity contribution < 1.29 is 14.6 Å². The first-order chi connectivity index (χ1) is 7.76. The van der Waals surface area contributed by atoms with Gasteiger partial charge in [0.2, 0.25) is 0 Å². The van der Waals surface area contributed by atoms with E-state index in [1.54, 1.807) is 7.11 Å². The minimum absolute atomic E-state index is 0.167. The zero-order chi connectivity index (χ0) is 13.5. The fraction of sp³-hybridized carbons (Fsp3) is 0.846. The molecule has 4 heteroatoms. The third-order valence-corrected chi connectivity index (χ3v) is 2.91. The number of aliphatic hydroxyl groups is 1. The van der Waals surface area contributed by atoms with E-state index in [-0.39, 0.29) is 6.79 Å². The van der Waals surface area contributed by atoms with Gasteiger partial charge in [0.15, 0.2) is 0 Å². The zero-order valence-corrected chi connectivity index (χ0v) is 12.9. The monoisotopic (exact) mass is 258 g/mol. The van der Waals surface area contributed by atoms with Crippen LogP contribution in [0.2, 0.25) is 19.6 Å². The molecule has 1 N–H and O–H groups in total. The van der Waals surface area contributed by atoms with Gasteiger partial charge < -0.3 is 14.6 Å². The van der Waals surface area contributed by atoms with Crippen molar-refractivity contribution in [2.45, 2.75) is 52.1 Å². The standard InChI is InChI=1S/C13H26O3Si/c1-11(2)9-12(14)13(16-10-15-3)7-8-17(4,5)6/h11-14H,9-10H2,1-6H3/t12-,13+/m1/s1. The molecule has 0 aromatic heterocycles. The SMILES string of the molecule is COCO[C@@H](C#C[Si](C)(C)C)[C@H](O)CC(C)C. The Morgan fingerprint density at radius 3 is 2.24 bits per heavy atom. The molecular formula is C13H26O3Si. The van der Waals surface area contributed by atoms with Crippen molar-refractivity contribution in [3.05, 3.63) is 0 Å². The van der Waals surface area contributed by atoms with Crippen LogP contribution in [0.3, 0.4) is 0 Å². The van der Waals surface area contributed by atoms with Crippen molar-refractivity contribution in [1.29, 1.82) is 0 Å². The summed E-state index contributed by atoms with van der Waals surface area (Å²) in [6, 6.07) is 0. The second-order valence-corrected chi connectivity index (χ2v) is 10.5. The average Bonchev–Trinajstić information content (AvgIpc) is 2.14. The molecule has 0 amide bonds. The van der Waals surface area contributed by atoms with Gasteiger partial charge in [-0.05, 0) is 12.3 Å². The molecule has 0 radical (unpaired) electrons. The number of ether oxygens (including phenoxy) is 2. The minimum Gasteiger partial charge on any atom is -0.389 e. The molecule has 0 aromatic carbocycles. The molecule has 2 atom stereocenters. The molecule has 3 nitrogen and oxygen atoms in total. The number of rotatable bonds is 6. The van der Waals surface area contributed by atoms with Crippen molar-refractivity contribution in [3.63, 3.8) is 0 Å². The van der Waals surface area contributed by atoms with E-state index < -0.39 is 20.3 Å². The first kappa shape index (κ1) is 16.7. The Morgan fingerprint density at radius 1 is 1.24 bits per heavy atom. The van der Waals surface area contributed by atoms with Crippen LogP contribution in [0.5, 0.6) is 0 Å². The molecule has 0 heterocycles. The molecule has 0 aliphatic rings. The molecule has 0 aliphatic heterocycles. The zero-order valence-electron chi connectivity index (χ0n) is 11.9. The quantitative estimate of drug-likeness (QED) is 0.451. The molecule has 0 unspecified atom stereocenters. The highest BCUT2D eigenvalue weighted by Crippen LogP contribution is 2.11. The lowest BCUT2D eigenvalue weighted by Gasteiger charge is -2.20. The lowest BCUT2D eigenvalue weighted by molar-refractivity contribution is -0.0926. The number of methoxy groups -OCH3 is 1. The summed E-state index contributed by atoms with van der Waals surface area (Å²) in [6.07, 6.45) is -0.299. The molecule has 0 bridgehead atoms. The third-order valence-electron chi connectivity index (χ3n) is 2.02. The van der Waals surface area contributed by atoms with E-state index in [1.807, 2.05) is 0 Å². The predicted octanol–water partition coefficient (Wildman–Crippen LogP) is 2.26. The van der Waals surface area contributed by atoms with Gasteiger partial charge in [0.05, 0.1) is 6.10 Å². The Kier molecular flexibility index (Phi) is 7.72. The summed E-state index contributed by atoms with van der Waals surface area (Å²) in [4.78, 5) is 0. The maximum atomic E-state index is 10.0. The first-order valence-electron chi connectivity index (χ1n) is 6.07. The lowest BCUT2D eigenvalue weighted by atomic mass is 10.0. The van der Waals surface area contributed by atoms with Gasteiger partial charge in [0, 0.05) is 7.11 Å². The fourth-order valence-corrected chi connectivity index (χ4v) is 1.86. The highest BCUT2D eigenvalue weighted by atomic mass is 28.3. The molecule has 0 saturated heterocycles. The molecule has 0 fully saturated rings. The third kappa shape index (κ3) is 9.37. The van der Waals surface area contributed by atoms with Crippen LogP contribution >= 0.6 is 0 Å². The van der Waals surface area contributed by atoms with Gasteiger partial charge in [0.1, 0.15) is 21.0 Å². The molecule has 0 aromatic rings. The van der Waals surface area contributed by atoms with Gasteiger partial charge in [-0.25, -0.2) is 0 Å². The molecular weight excluding hydrogens is 232 g/mol. The highest BCUT2D eigenvalue weighted by molar-refractivity contribution is 6.83. The van der Waals surface area contributed by atoms with E-state index in [1.165, 1.54) is 0 Å². The van der Waals surface area contributed by atoms with E-state index >= 15 is 0 Å². The Morgan fingerprint density at radius 2 is 1.82 bits per heavy atom. The van der Waals surface area contributed by atoms with Gasteiger partial charge in [-0.2, -0.15) is 0 Å². The summed E-state index contributed by atoms with van der Waals surface area (Å²) in [5.74, 6) is 3.48. The summed E-state index contributed by atoms with van der Waals surface area (Å²) >= 11 is 0. The Hall–Kier alpha value is -0.343. The predicted molar refractivity (Wildman–Crippen MR) is 73.3 cm³/mol.